The number of amides is 2. The number of carbonyl (C=O) groups is 2. The summed E-state index contributed by atoms with van der Waals surface area (Å²) in [5.41, 5.74) is 3.27. The summed E-state index contributed by atoms with van der Waals surface area (Å²) in [5, 5.41) is 7.16. The fraction of sp³-hybridized carbons (Fsp3) is 0.407. The maximum Gasteiger partial charge on any atom is 0.255 e. The number of nitrogens with one attached hydrogen (secondary N) is 1. The monoisotopic (exact) mass is 473 g/mol. The van der Waals surface area contributed by atoms with Crippen LogP contribution in [0.2, 0.25) is 0 Å². The van der Waals surface area contributed by atoms with E-state index in [-0.39, 0.29) is 17.7 Å². The molecular weight excluding hydrogens is 442 g/mol. The number of benzene rings is 2. The van der Waals surface area contributed by atoms with Gasteiger partial charge < -0.3 is 14.7 Å². The van der Waals surface area contributed by atoms with Crippen molar-refractivity contribution in [3.63, 3.8) is 0 Å². The van der Waals surface area contributed by atoms with Crippen LogP contribution in [0.3, 0.4) is 0 Å². The third-order valence-corrected chi connectivity index (χ3v) is 6.87. The lowest BCUT2D eigenvalue weighted by atomic mass is 9.95. The van der Waals surface area contributed by atoms with E-state index < -0.39 is 0 Å². The Morgan fingerprint density at radius 1 is 1.03 bits per heavy atom. The molecule has 0 unspecified atom stereocenters. The third-order valence-electron chi connectivity index (χ3n) is 6.87. The molecule has 8 heteroatoms. The Bertz CT molecular complexity index is 1190. The van der Waals surface area contributed by atoms with Gasteiger partial charge in [-0.1, -0.05) is 41.1 Å². The van der Waals surface area contributed by atoms with E-state index in [4.69, 9.17) is 4.52 Å². The van der Waals surface area contributed by atoms with Gasteiger partial charge in [-0.3, -0.25) is 14.5 Å². The molecule has 182 valence electrons. The molecule has 0 saturated carbocycles. The summed E-state index contributed by atoms with van der Waals surface area (Å²) in [7, 11) is 0. The van der Waals surface area contributed by atoms with E-state index in [1.54, 1.807) is 6.07 Å². The number of nitrogens with zero attached hydrogens (tertiary/aromatic N) is 4. The summed E-state index contributed by atoms with van der Waals surface area (Å²) >= 11 is 0. The molecule has 5 rings (SSSR count). The van der Waals surface area contributed by atoms with Crippen LogP contribution >= 0.6 is 0 Å². The van der Waals surface area contributed by atoms with Gasteiger partial charge in [0.2, 0.25) is 17.6 Å². The summed E-state index contributed by atoms with van der Waals surface area (Å²) in [6, 6.07) is 15.4. The first kappa shape index (κ1) is 23.2. The molecule has 35 heavy (non-hydrogen) atoms. The second kappa shape index (κ2) is 10.4. The zero-order chi connectivity index (χ0) is 24.2. The first-order valence-corrected chi connectivity index (χ1v) is 12.4. The number of hydrogen-bond acceptors (Lipinski definition) is 6. The van der Waals surface area contributed by atoms with E-state index in [2.05, 4.69) is 20.4 Å². The Morgan fingerprint density at radius 2 is 1.80 bits per heavy atom. The van der Waals surface area contributed by atoms with Gasteiger partial charge in [0.25, 0.3) is 5.91 Å². The van der Waals surface area contributed by atoms with Crippen molar-refractivity contribution in [2.24, 2.45) is 5.92 Å². The smallest absolute Gasteiger partial charge is 0.255 e. The van der Waals surface area contributed by atoms with Crippen LogP contribution < -0.4 is 5.32 Å². The second-order valence-corrected chi connectivity index (χ2v) is 9.47. The number of likely N-dealkylation sites (tertiary alicyclic amines) is 2. The van der Waals surface area contributed by atoms with Gasteiger partial charge in [0.1, 0.15) is 0 Å². The van der Waals surface area contributed by atoms with E-state index >= 15 is 0 Å². The number of aryl methyl sites for hydroxylation is 1. The Labute approximate surface area is 205 Å². The molecule has 0 aliphatic carbocycles. The summed E-state index contributed by atoms with van der Waals surface area (Å²) in [4.78, 5) is 34.6. The molecule has 2 aromatic carbocycles. The molecule has 3 heterocycles. The molecule has 1 aromatic heterocycles. The molecule has 1 N–H and O–H groups in total. The van der Waals surface area contributed by atoms with E-state index in [1.807, 2.05) is 54.3 Å². The van der Waals surface area contributed by atoms with Gasteiger partial charge in [-0.05, 0) is 63.9 Å². The largest absolute Gasteiger partial charge is 0.339 e. The minimum absolute atomic E-state index is 0.00203. The van der Waals surface area contributed by atoms with Crippen molar-refractivity contribution in [1.82, 2.24) is 19.9 Å². The van der Waals surface area contributed by atoms with Crippen molar-refractivity contribution >= 4 is 17.5 Å². The third kappa shape index (κ3) is 5.43. The molecular formula is C27H31N5O3. The van der Waals surface area contributed by atoms with Gasteiger partial charge in [0, 0.05) is 24.6 Å². The average Bonchev–Trinajstić information content (AvgIpc) is 3.57. The van der Waals surface area contributed by atoms with Gasteiger partial charge in [-0.2, -0.15) is 4.98 Å². The molecule has 2 fully saturated rings. The van der Waals surface area contributed by atoms with Gasteiger partial charge in [-0.25, -0.2) is 0 Å². The maximum atomic E-state index is 13.0. The lowest BCUT2D eigenvalue weighted by molar-refractivity contribution is -0.121. The van der Waals surface area contributed by atoms with Gasteiger partial charge in [-0.15, -0.1) is 0 Å². The topological polar surface area (TPSA) is 91.6 Å². The Balaban J connectivity index is 1.15. The maximum absolute atomic E-state index is 13.0. The number of piperidine rings is 1. The molecule has 2 saturated heterocycles. The van der Waals surface area contributed by atoms with E-state index in [0.29, 0.717) is 29.5 Å². The fourth-order valence-electron chi connectivity index (χ4n) is 4.87. The fourth-order valence-corrected chi connectivity index (χ4v) is 4.87. The van der Waals surface area contributed by atoms with Crippen molar-refractivity contribution in [1.29, 1.82) is 0 Å². The first-order chi connectivity index (χ1) is 17.1. The lowest BCUT2D eigenvalue weighted by Crippen LogP contribution is -2.38. The highest BCUT2D eigenvalue weighted by atomic mass is 16.5. The predicted molar refractivity (Wildman–Crippen MR) is 133 cm³/mol. The van der Waals surface area contributed by atoms with Crippen LogP contribution in [-0.2, 0) is 11.3 Å². The van der Waals surface area contributed by atoms with E-state index in [9.17, 15) is 9.59 Å². The standard InChI is InChI=1S/C27H31N5O3/c1-19-7-6-8-21(17-19)25-29-24(35-30-25)18-31-15-11-20(12-16-31)26(33)28-23-10-3-2-9-22(23)27(34)32-13-4-5-14-32/h2-3,6-10,17,20H,4-5,11-16,18H2,1H3,(H,28,33). The number of hydrogen-bond donors (Lipinski definition) is 1. The zero-order valence-corrected chi connectivity index (χ0v) is 20.1. The van der Waals surface area contributed by atoms with Crippen molar-refractivity contribution in [2.75, 3.05) is 31.5 Å². The molecule has 2 amide bonds. The molecule has 2 aliphatic heterocycles. The van der Waals surface area contributed by atoms with Gasteiger partial charge >= 0.3 is 0 Å². The first-order valence-electron chi connectivity index (χ1n) is 12.4. The van der Waals surface area contributed by atoms with Crippen LogP contribution in [0.1, 0.15) is 47.5 Å². The number of anilines is 1. The number of aromatic nitrogens is 2. The summed E-state index contributed by atoms with van der Waals surface area (Å²) < 4.78 is 5.47. The summed E-state index contributed by atoms with van der Waals surface area (Å²) in [5.74, 6) is 1.06. The van der Waals surface area contributed by atoms with Crippen LogP contribution in [0.4, 0.5) is 5.69 Å². The molecule has 3 aromatic rings. The number of carbonyl (C=O) groups excluding carboxylic acids is 2. The van der Waals surface area contributed by atoms with Crippen molar-refractivity contribution in [3.05, 3.63) is 65.5 Å². The molecule has 2 aliphatic rings. The highest BCUT2D eigenvalue weighted by Crippen LogP contribution is 2.25. The zero-order valence-electron chi connectivity index (χ0n) is 20.1. The Morgan fingerprint density at radius 3 is 2.57 bits per heavy atom. The Kier molecular flexibility index (Phi) is 6.90. The SMILES string of the molecule is Cc1cccc(-c2noc(CN3CCC(C(=O)Nc4ccccc4C(=O)N4CCCC4)CC3)n2)c1. The Hall–Kier alpha value is -3.52. The highest BCUT2D eigenvalue weighted by molar-refractivity contribution is 6.04. The highest BCUT2D eigenvalue weighted by Gasteiger charge is 2.28. The van der Waals surface area contributed by atoms with Crippen LogP contribution in [0.5, 0.6) is 0 Å². The van der Waals surface area contributed by atoms with Gasteiger partial charge in [0.05, 0.1) is 17.8 Å². The minimum Gasteiger partial charge on any atom is -0.339 e. The minimum atomic E-state index is -0.0910. The van der Waals surface area contributed by atoms with E-state index in [0.717, 1.165) is 63.0 Å². The van der Waals surface area contributed by atoms with Crippen LogP contribution in [0.15, 0.2) is 53.1 Å². The van der Waals surface area contributed by atoms with Crippen molar-refractivity contribution in [3.8, 4) is 11.4 Å². The van der Waals surface area contributed by atoms with Crippen LogP contribution in [0.25, 0.3) is 11.4 Å². The summed E-state index contributed by atoms with van der Waals surface area (Å²) in [6.45, 7) is 5.72. The molecule has 0 spiro atoms. The second-order valence-electron chi connectivity index (χ2n) is 9.47. The quantitative estimate of drug-likeness (QED) is 0.579. The normalized spacial score (nSPS) is 17.0. The lowest BCUT2D eigenvalue weighted by Gasteiger charge is -2.30. The molecule has 0 radical (unpaired) electrons. The number of rotatable bonds is 6. The summed E-state index contributed by atoms with van der Waals surface area (Å²) in [6.07, 6.45) is 3.56. The average molecular weight is 474 g/mol. The van der Waals surface area contributed by atoms with Crippen LogP contribution in [0, 0.1) is 12.8 Å². The van der Waals surface area contributed by atoms with Crippen molar-refractivity contribution in [2.45, 2.75) is 39.2 Å². The van der Waals surface area contributed by atoms with Crippen LogP contribution in [-0.4, -0.2) is 57.9 Å². The molecule has 0 atom stereocenters. The van der Waals surface area contributed by atoms with E-state index in [1.165, 1.54) is 0 Å². The number of para-hydroxylation sites is 1. The van der Waals surface area contributed by atoms with Crippen molar-refractivity contribution < 1.29 is 14.1 Å². The predicted octanol–water partition coefficient (Wildman–Crippen LogP) is 4.13. The van der Waals surface area contributed by atoms with Gasteiger partial charge in [0.15, 0.2) is 0 Å². The molecule has 0 bridgehead atoms. The molecule has 8 nitrogen and oxygen atoms in total.